The normalized spacial score (nSPS) is 14.4. The fourth-order valence-electron chi connectivity index (χ4n) is 2.75. The van der Waals surface area contributed by atoms with Gasteiger partial charge in [0.25, 0.3) is 0 Å². The molecule has 1 N–H and O–H groups in total. The van der Waals surface area contributed by atoms with Crippen molar-refractivity contribution in [1.29, 1.82) is 0 Å². The van der Waals surface area contributed by atoms with Crippen molar-refractivity contribution in [3.05, 3.63) is 52.5 Å². The van der Waals surface area contributed by atoms with Crippen LogP contribution in [0.15, 0.2) is 40.8 Å². The van der Waals surface area contributed by atoms with E-state index >= 15 is 0 Å². The summed E-state index contributed by atoms with van der Waals surface area (Å²) in [5, 5.41) is 4.05. The van der Waals surface area contributed by atoms with Gasteiger partial charge in [0.05, 0.1) is 0 Å². The number of nitrogens with zero attached hydrogens (tertiary/aromatic N) is 1. The molecule has 2 aromatic carbocycles. The van der Waals surface area contributed by atoms with Crippen LogP contribution in [-0.2, 0) is 13.0 Å². The highest BCUT2D eigenvalue weighted by Gasteiger charge is 2.17. The van der Waals surface area contributed by atoms with E-state index in [9.17, 15) is 0 Å². The molecule has 20 heavy (non-hydrogen) atoms. The van der Waals surface area contributed by atoms with Crippen LogP contribution in [-0.4, -0.2) is 11.5 Å². The van der Waals surface area contributed by atoms with Gasteiger partial charge in [-0.05, 0) is 42.3 Å². The van der Waals surface area contributed by atoms with Crippen molar-refractivity contribution >= 4 is 22.7 Å². The van der Waals surface area contributed by atoms with Gasteiger partial charge >= 0.3 is 0 Å². The number of hydrogen-bond acceptors (Lipinski definition) is 3. The molecule has 4 rings (SSSR count). The first-order valence-corrected chi connectivity index (χ1v) is 7.07. The van der Waals surface area contributed by atoms with Crippen LogP contribution >= 0.6 is 11.6 Å². The zero-order chi connectivity index (χ0) is 13.5. The van der Waals surface area contributed by atoms with E-state index in [2.05, 4.69) is 28.5 Å². The van der Waals surface area contributed by atoms with E-state index in [1.165, 1.54) is 11.1 Å². The molecule has 0 saturated carbocycles. The molecule has 0 fully saturated rings. The van der Waals surface area contributed by atoms with Crippen LogP contribution in [0.2, 0.25) is 5.02 Å². The summed E-state index contributed by atoms with van der Waals surface area (Å²) >= 11 is 5.99. The number of rotatable bonds is 1. The lowest BCUT2D eigenvalue weighted by molar-refractivity contribution is 0.611. The third kappa shape index (κ3) is 1.90. The molecule has 1 aliphatic rings. The maximum absolute atomic E-state index is 5.99. The minimum Gasteiger partial charge on any atom is -0.436 e. The molecule has 1 aromatic heterocycles. The Morgan fingerprint density at radius 3 is 3.10 bits per heavy atom. The van der Waals surface area contributed by atoms with Crippen molar-refractivity contribution < 1.29 is 4.42 Å². The molecule has 0 spiro atoms. The first-order valence-electron chi connectivity index (χ1n) is 6.69. The summed E-state index contributed by atoms with van der Waals surface area (Å²) in [7, 11) is 0. The molecule has 3 nitrogen and oxygen atoms in total. The SMILES string of the molecule is Clc1ccc2nc(-c3cccc4c3CCNC4)oc2c1. The number of fused-ring (bicyclic) bond motifs is 2. The average Bonchev–Trinajstić information content (AvgIpc) is 2.89. The molecule has 0 atom stereocenters. The second-order valence-electron chi connectivity index (χ2n) is 5.00. The van der Waals surface area contributed by atoms with Gasteiger partial charge < -0.3 is 9.73 Å². The molecule has 100 valence electrons. The molecule has 0 aliphatic carbocycles. The van der Waals surface area contributed by atoms with E-state index in [0.29, 0.717) is 10.9 Å². The molecule has 4 heteroatoms. The van der Waals surface area contributed by atoms with Crippen LogP contribution in [0.4, 0.5) is 0 Å². The standard InChI is InChI=1S/C16H13ClN2O/c17-11-4-5-14-15(8-11)20-16(19-14)13-3-1-2-10-9-18-7-6-12(10)13/h1-5,8,18H,6-7,9H2. The Bertz CT molecular complexity index is 794. The van der Waals surface area contributed by atoms with Gasteiger partial charge in [-0.25, -0.2) is 4.98 Å². The van der Waals surface area contributed by atoms with Gasteiger partial charge in [0.2, 0.25) is 5.89 Å². The average molecular weight is 285 g/mol. The number of hydrogen-bond donors (Lipinski definition) is 1. The molecular weight excluding hydrogens is 272 g/mol. The van der Waals surface area contributed by atoms with Gasteiger partial charge in [-0.2, -0.15) is 0 Å². The lowest BCUT2D eigenvalue weighted by Gasteiger charge is -2.18. The first kappa shape index (κ1) is 11.9. The van der Waals surface area contributed by atoms with E-state index in [4.69, 9.17) is 16.0 Å². The topological polar surface area (TPSA) is 38.1 Å². The van der Waals surface area contributed by atoms with Gasteiger partial charge in [0.1, 0.15) is 5.52 Å². The van der Waals surface area contributed by atoms with Gasteiger partial charge in [-0.1, -0.05) is 23.7 Å². The third-order valence-corrected chi connectivity index (χ3v) is 3.96. The zero-order valence-electron chi connectivity index (χ0n) is 10.8. The number of benzene rings is 2. The summed E-state index contributed by atoms with van der Waals surface area (Å²) in [4.78, 5) is 4.59. The minimum absolute atomic E-state index is 0.666. The Morgan fingerprint density at radius 1 is 1.20 bits per heavy atom. The van der Waals surface area contributed by atoms with E-state index in [-0.39, 0.29) is 0 Å². The van der Waals surface area contributed by atoms with Crippen molar-refractivity contribution in [3.63, 3.8) is 0 Å². The Balaban J connectivity index is 1.90. The largest absolute Gasteiger partial charge is 0.436 e. The number of nitrogens with one attached hydrogen (secondary N) is 1. The quantitative estimate of drug-likeness (QED) is 0.739. The van der Waals surface area contributed by atoms with Gasteiger partial charge in [-0.3, -0.25) is 0 Å². The summed E-state index contributed by atoms with van der Waals surface area (Å²) in [6, 6.07) is 11.8. The Hall–Kier alpha value is -1.84. The zero-order valence-corrected chi connectivity index (χ0v) is 11.6. The Labute approximate surface area is 121 Å². The summed E-state index contributed by atoms with van der Waals surface area (Å²) < 4.78 is 5.89. The second-order valence-corrected chi connectivity index (χ2v) is 5.44. The molecule has 0 bridgehead atoms. The van der Waals surface area contributed by atoms with E-state index < -0.39 is 0 Å². The summed E-state index contributed by atoms with van der Waals surface area (Å²) in [5.41, 5.74) is 5.34. The molecular formula is C16H13ClN2O. The number of oxazole rings is 1. The van der Waals surface area contributed by atoms with Crippen LogP contribution in [0.5, 0.6) is 0 Å². The van der Waals surface area contributed by atoms with Crippen molar-refractivity contribution in [1.82, 2.24) is 10.3 Å². The highest BCUT2D eigenvalue weighted by molar-refractivity contribution is 6.31. The first-order chi connectivity index (χ1) is 9.81. The highest BCUT2D eigenvalue weighted by Crippen LogP contribution is 2.31. The van der Waals surface area contributed by atoms with E-state index in [1.54, 1.807) is 0 Å². The fraction of sp³-hybridized carbons (Fsp3) is 0.188. The van der Waals surface area contributed by atoms with Crippen LogP contribution in [0.3, 0.4) is 0 Å². The maximum atomic E-state index is 5.99. The van der Waals surface area contributed by atoms with Crippen LogP contribution in [0.25, 0.3) is 22.6 Å². The van der Waals surface area contributed by atoms with Crippen molar-refractivity contribution in [2.45, 2.75) is 13.0 Å². The van der Waals surface area contributed by atoms with Crippen LogP contribution in [0, 0.1) is 0 Å². The number of aromatic nitrogens is 1. The maximum Gasteiger partial charge on any atom is 0.227 e. The molecule has 0 radical (unpaired) electrons. The Kier molecular flexibility index (Phi) is 2.76. The Morgan fingerprint density at radius 2 is 2.15 bits per heavy atom. The third-order valence-electron chi connectivity index (χ3n) is 3.72. The summed E-state index contributed by atoms with van der Waals surface area (Å²) in [6.07, 6.45) is 1.00. The van der Waals surface area contributed by atoms with Crippen molar-refractivity contribution in [3.8, 4) is 11.5 Å². The van der Waals surface area contributed by atoms with E-state index in [1.807, 2.05) is 18.2 Å². The van der Waals surface area contributed by atoms with Gasteiger partial charge in [0, 0.05) is 23.2 Å². The molecule has 1 aliphatic heterocycles. The molecule has 0 amide bonds. The van der Waals surface area contributed by atoms with Crippen LogP contribution < -0.4 is 5.32 Å². The predicted octanol–water partition coefficient (Wildman–Crippen LogP) is 3.79. The smallest absolute Gasteiger partial charge is 0.227 e. The van der Waals surface area contributed by atoms with Crippen molar-refractivity contribution in [2.75, 3.05) is 6.54 Å². The molecule has 0 unspecified atom stereocenters. The molecule has 0 saturated heterocycles. The summed E-state index contributed by atoms with van der Waals surface area (Å²) in [6.45, 7) is 1.91. The number of halogens is 1. The van der Waals surface area contributed by atoms with Crippen LogP contribution in [0.1, 0.15) is 11.1 Å². The van der Waals surface area contributed by atoms with Gasteiger partial charge in [-0.15, -0.1) is 0 Å². The summed E-state index contributed by atoms with van der Waals surface area (Å²) in [5.74, 6) is 0.681. The lowest BCUT2D eigenvalue weighted by atomic mass is 9.95. The van der Waals surface area contributed by atoms with E-state index in [0.717, 1.165) is 36.2 Å². The predicted molar refractivity (Wildman–Crippen MR) is 79.9 cm³/mol. The van der Waals surface area contributed by atoms with Crippen molar-refractivity contribution in [2.24, 2.45) is 0 Å². The minimum atomic E-state index is 0.666. The molecule has 3 aromatic rings. The monoisotopic (exact) mass is 284 g/mol. The van der Waals surface area contributed by atoms with Gasteiger partial charge in [0.15, 0.2) is 5.58 Å². The molecule has 2 heterocycles. The fourth-order valence-corrected chi connectivity index (χ4v) is 2.91. The highest BCUT2D eigenvalue weighted by atomic mass is 35.5. The lowest BCUT2D eigenvalue weighted by Crippen LogP contribution is -2.24. The second kappa shape index (κ2) is 4.62.